The lowest BCUT2D eigenvalue weighted by Gasteiger charge is -2.43. The minimum Gasteiger partial charge on any atom is -0.490 e. The number of benzene rings is 1. The number of aromatic nitrogens is 2. The van der Waals surface area contributed by atoms with E-state index in [2.05, 4.69) is 25.8 Å². The molecule has 0 amide bonds. The van der Waals surface area contributed by atoms with E-state index in [1.54, 1.807) is 12.1 Å². The standard InChI is InChI=1S/C75H132N2O12/c1-5-8-11-14-17-20-23-26-29-32-35-38-41-44-47-50-53-86-65-56-64(58-74(72(82)83,60-69(79)80)75(85)59-68(89-67(75)62-78)77-61-63(4)71(81)76-73(77)84)57-66(87-54-51-48-45-42-39-36-33-30-27-24-21-18-15-12-9-6-2)70(65)88-55-52-49-46-43-40-37-34-31-28-25-22-19-16-13-10-7-3/h56-57,61,67-68,78,85H,5-55,58-60,62H2,1-4H3,(H,79,80)(H,82,83)(H,76,81,84)/t67-,68-,74?,75+/m1/s1. The highest BCUT2D eigenvalue weighted by Crippen LogP contribution is 2.52. The van der Waals surface area contributed by atoms with E-state index in [0.717, 1.165) is 75.2 Å². The molecule has 1 saturated heterocycles. The minimum atomic E-state index is -2.54. The molecule has 0 radical (unpaired) electrons. The lowest BCUT2D eigenvalue weighted by atomic mass is 9.63. The van der Waals surface area contributed by atoms with Gasteiger partial charge in [-0.1, -0.05) is 310 Å². The number of aliphatic hydroxyl groups is 2. The third-order valence-corrected chi connectivity index (χ3v) is 19.0. The number of ether oxygens (including phenoxy) is 4. The van der Waals surface area contributed by atoms with Crippen molar-refractivity contribution < 1.29 is 49.0 Å². The summed E-state index contributed by atoms with van der Waals surface area (Å²) in [4.78, 5) is 54.6. The number of hydrogen-bond donors (Lipinski definition) is 5. The molecule has 1 aromatic heterocycles. The van der Waals surface area contributed by atoms with Gasteiger partial charge in [-0.15, -0.1) is 0 Å². The summed E-state index contributed by atoms with van der Waals surface area (Å²) in [5.74, 6) is -1.97. The summed E-state index contributed by atoms with van der Waals surface area (Å²) in [6.07, 6.45) is 56.1. The average molecular weight is 1250 g/mol. The number of unbranched alkanes of at least 4 members (excludes halogenated alkanes) is 45. The first kappa shape index (κ1) is 79.4. The number of carbonyl (C=O) groups is 2. The lowest BCUT2D eigenvalue weighted by Crippen LogP contribution is -2.60. The summed E-state index contributed by atoms with van der Waals surface area (Å²) < 4.78 is 27.1. The van der Waals surface area contributed by atoms with Crippen molar-refractivity contribution in [1.82, 2.24) is 9.55 Å². The quantitative estimate of drug-likeness (QED) is 0.0392. The molecule has 14 nitrogen and oxygen atoms in total. The first-order valence-corrected chi connectivity index (χ1v) is 37.2. The van der Waals surface area contributed by atoms with E-state index in [-0.39, 0.29) is 5.56 Å². The van der Waals surface area contributed by atoms with E-state index in [4.69, 9.17) is 18.9 Å². The van der Waals surface area contributed by atoms with Gasteiger partial charge in [0, 0.05) is 18.2 Å². The molecule has 2 heterocycles. The van der Waals surface area contributed by atoms with Gasteiger partial charge >= 0.3 is 17.6 Å². The van der Waals surface area contributed by atoms with Crippen LogP contribution in [0.2, 0.25) is 0 Å². The summed E-state index contributed by atoms with van der Waals surface area (Å²) in [5, 5.41) is 45.5. The largest absolute Gasteiger partial charge is 0.490 e. The van der Waals surface area contributed by atoms with Crippen LogP contribution in [-0.2, 0) is 20.7 Å². The average Bonchev–Trinajstić information content (AvgIpc) is 1.68. The van der Waals surface area contributed by atoms with Gasteiger partial charge in [-0.25, -0.2) is 4.79 Å². The molecule has 1 unspecified atom stereocenters. The van der Waals surface area contributed by atoms with Gasteiger partial charge in [0.15, 0.2) is 11.5 Å². The van der Waals surface area contributed by atoms with Crippen LogP contribution in [0, 0.1) is 12.3 Å². The van der Waals surface area contributed by atoms with Crippen molar-refractivity contribution in [3.63, 3.8) is 0 Å². The molecule has 0 spiro atoms. The molecule has 1 fully saturated rings. The number of H-pyrrole nitrogens is 1. The maximum atomic E-state index is 14.0. The van der Waals surface area contributed by atoms with Crippen molar-refractivity contribution in [2.24, 2.45) is 5.41 Å². The molecule has 0 bridgehead atoms. The van der Waals surface area contributed by atoms with Crippen LogP contribution in [0.15, 0.2) is 27.9 Å². The zero-order valence-corrected chi connectivity index (χ0v) is 57.3. The second kappa shape index (κ2) is 50.6. The predicted octanol–water partition coefficient (Wildman–Crippen LogP) is 19.6. The number of aryl methyl sites for hydroxylation is 1. The molecule has 1 aromatic carbocycles. The Bertz CT molecular complexity index is 2150. The molecule has 89 heavy (non-hydrogen) atoms. The molecular weight excluding hydrogens is 1120 g/mol. The summed E-state index contributed by atoms with van der Waals surface area (Å²) >= 11 is 0. The smallest absolute Gasteiger partial charge is 0.330 e. The van der Waals surface area contributed by atoms with E-state index in [1.165, 1.54) is 251 Å². The molecule has 3 rings (SSSR count). The van der Waals surface area contributed by atoms with E-state index < -0.39 is 72.4 Å². The molecule has 14 heteroatoms. The number of hydrogen-bond acceptors (Lipinski definition) is 10. The van der Waals surface area contributed by atoms with Gasteiger partial charge in [-0.2, -0.15) is 0 Å². The van der Waals surface area contributed by atoms with Gasteiger partial charge in [0.2, 0.25) is 5.75 Å². The van der Waals surface area contributed by atoms with Gasteiger partial charge < -0.3 is 39.4 Å². The molecule has 2 aromatic rings. The van der Waals surface area contributed by atoms with Crippen molar-refractivity contribution in [3.05, 3.63) is 50.3 Å². The molecule has 1 aliphatic heterocycles. The Labute approximate surface area is 540 Å². The Morgan fingerprint density at radius 1 is 0.528 bits per heavy atom. The van der Waals surface area contributed by atoms with Crippen molar-refractivity contribution >= 4 is 11.9 Å². The Hall–Kier alpha value is -3.88. The summed E-state index contributed by atoms with van der Waals surface area (Å²) in [5.41, 5.74) is -6.03. The maximum absolute atomic E-state index is 14.0. The fourth-order valence-electron chi connectivity index (χ4n) is 13.3. The van der Waals surface area contributed by atoms with Crippen LogP contribution in [0.3, 0.4) is 0 Å². The fraction of sp³-hybridized carbons (Fsp3) is 0.840. The first-order chi connectivity index (χ1) is 43.4. The highest BCUT2D eigenvalue weighted by molar-refractivity contribution is 5.83. The number of carboxylic acid groups (broad SMARTS) is 2. The number of aromatic amines is 1. The van der Waals surface area contributed by atoms with E-state index in [0.29, 0.717) is 42.6 Å². The first-order valence-electron chi connectivity index (χ1n) is 37.2. The topological polar surface area (TPSA) is 207 Å². The summed E-state index contributed by atoms with van der Waals surface area (Å²) in [6.45, 7) is 8.56. The third kappa shape index (κ3) is 33.0. The number of aliphatic hydroxyl groups excluding tert-OH is 1. The Morgan fingerprint density at radius 3 is 1.15 bits per heavy atom. The SMILES string of the molecule is CCCCCCCCCCCCCCCCCCOc1cc(CC(CC(=O)O)(C(=O)O)[C@]2(O)C[C@H](n3cc(C)c(=O)[nH]c3=O)O[C@@H]2CO)cc(OCCCCCCCCCCCCCCCCCC)c1OCCCCCCCCCCCCCCCCCC. The zero-order chi connectivity index (χ0) is 64.5. The molecule has 514 valence electrons. The monoisotopic (exact) mass is 1250 g/mol. The lowest BCUT2D eigenvalue weighted by molar-refractivity contribution is -0.189. The number of carboxylic acids is 2. The Kier molecular flexibility index (Phi) is 45.2. The maximum Gasteiger partial charge on any atom is 0.330 e. The van der Waals surface area contributed by atoms with Crippen LogP contribution in [-0.4, -0.2) is 80.0 Å². The Morgan fingerprint density at radius 2 is 0.843 bits per heavy atom. The predicted molar refractivity (Wildman–Crippen MR) is 364 cm³/mol. The Balaban J connectivity index is 1.80. The van der Waals surface area contributed by atoms with Gasteiger partial charge in [-0.3, -0.25) is 23.9 Å². The second-order valence-corrected chi connectivity index (χ2v) is 26.9. The normalized spacial score (nSPS) is 16.5. The van der Waals surface area contributed by atoms with Crippen LogP contribution in [0.1, 0.15) is 359 Å². The van der Waals surface area contributed by atoms with Crippen LogP contribution in [0.4, 0.5) is 0 Å². The number of nitrogens with zero attached hydrogens (tertiary/aromatic N) is 1. The van der Waals surface area contributed by atoms with Crippen molar-refractivity contribution in [3.8, 4) is 17.2 Å². The second-order valence-electron chi connectivity index (χ2n) is 26.9. The highest BCUT2D eigenvalue weighted by Gasteiger charge is 2.65. The summed E-state index contributed by atoms with van der Waals surface area (Å²) in [7, 11) is 0. The van der Waals surface area contributed by atoms with Gasteiger partial charge in [0.1, 0.15) is 23.3 Å². The molecule has 1 aliphatic rings. The number of rotatable bonds is 62. The fourth-order valence-corrected chi connectivity index (χ4v) is 13.3. The third-order valence-electron chi connectivity index (χ3n) is 19.0. The van der Waals surface area contributed by atoms with Gasteiger partial charge in [-0.05, 0) is 50.3 Å². The van der Waals surface area contributed by atoms with Crippen molar-refractivity contribution in [2.45, 2.75) is 373 Å². The minimum absolute atomic E-state index is 0.163. The van der Waals surface area contributed by atoms with E-state index in [9.17, 15) is 39.6 Å². The molecule has 4 atom stereocenters. The highest BCUT2D eigenvalue weighted by atomic mass is 16.6. The molecular formula is C75H132N2O12. The van der Waals surface area contributed by atoms with Gasteiger partial charge in [0.25, 0.3) is 5.56 Å². The van der Waals surface area contributed by atoms with Crippen molar-refractivity contribution in [2.75, 3.05) is 26.4 Å². The van der Waals surface area contributed by atoms with Crippen LogP contribution in [0.5, 0.6) is 17.2 Å². The van der Waals surface area contributed by atoms with Crippen LogP contribution < -0.4 is 25.5 Å². The van der Waals surface area contributed by atoms with E-state index >= 15 is 0 Å². The van der Waals surface area contributed by atoms with Crippen molar-refractivity contribution in [1.29, 1.82) is 0 Å². The van der Waals surface area contributed by atoms with E-state index in [1.807, 2.05) is 0 Å². The summed E-state index contributed by atoms with van der Waals surface area (Å²) in [6, 6.07) is 3.38. The number of aliphatic carboxylic acids is 2. The van der Waals surface area contributed by atoms with Crippen LogP contribution in [0.25, 0.3) is 0 Å². The number of nitrogens with one attached hydrogen (secondary N) is 1. The molecule has 0 saturated carbocycles. The molecule has 0 aliphatic carbocycles. The molecule has 5 N–H and O–H groups in total. The zero-order valence-electron chi connectivity index (χ0n) is 57.3. The van der Waals surface area contributed by atoms with Crippen LogP contribution >= 0.6 is 0 Å². The van der Waals surface area contributed by atoms with Gasteiger partial charge in [0.05, 0.1) is 32.8 Å².